The SMILES string of the molecule is CCc1occc1C(=O)c1cc(C)c(F)cc1Cl. The lowest BCUT2D eigenvalue weighted by Gasteiger charge is -2.05. The van der Waals surface area contributed by atoms with Gasteiger partial charge in [0.15, 0.2) is 5.78 Å². The second-order valence-corrected chi connectivity index (χ2v) is 4.43. The predicted octanol–water partition coefficient (Wildman–Crippen LogP) is 4.17. The molecule has 0 saturated carbocycles. The van der Waals surface area contributed by atoms with Crippen LogP contribution < -0.4 is 0 Å². The first kappa shape index (κ1) is 12.8. The van der Waals surface area contributed by atoms with Crippen molar-refractivity contribution in [1.29, 1.82) is 0 Å². The van der Waals surface area contributed by atoms with Crippen molar-refractivity contribution in [2.45, 2.75) is 20.3 Å². The van der Waals surface area contributed by atoms with E-state index in [9.17, 15) is 9.18 Å². The third-order valence-electron chi connectivity index (χ3n) is 2.80. The summed E-state index contributed by atoms with van der Waals surface area (Å²) in [6.45, 7) is 3.49. The maximum atomic E-state index is 13.3. The third kappa shape index (κ3) is 2.18. The predicted molar refractivity (Wildman–Crippen MR) is 67.7 cm³/mol. The minimum Gasteiger partial charge on any atom is -0.469 e. The van der Waals surface area contributed by atoms with Crippen LogP contribution in [0.3, 0.4) is 0 Å². The molecule has 0 saturated heterocycles. The van der Waals surface area contributed by atoms with Crippen LogP contribution in [0.15, 0.2) is 28.9 Å². The van der Waals surface area contributed by atoms with Crippen LogP contribution in [0.25, 0.3) is 0 Å². The average Bonchev–Trinajstić information content (AvgIpc) is 2.81. The molecule has 1 aromatic heterocycles. The zero-order valence-corrected chi connectivity index (χ0v) is 10.8. The number of carbonyl (C=O) groups is 1. The summed E-state index contributed by atoms with van der Waals surface area (Å²) in [5.41, 5.74) is 1.17. The average molecular weight is 267 g/mol. The normalized spacial score (nSPS) is 10.7. The van der Waals surface area contributed by atoms with Gasteiger partial charge in [0.1, 0.15) is 11.6 Å². The van der Waals surface area contributed by atoms with Gasteiger partial charge in [-0.2, -0.15) is 0 Å². The zero-order chi connectivity index (χ0) is 13.3. The Balaban J connectivity index is 2.50. The van der Waals surface area contributed by atoms with Gasteiger partial charge in [-0.15, -0.1) is 0 Å². The number of hydrogen-bond acceptors (Lipinski definition) is 2. The molecule has 0 N–H and O–H groups in total. The fourth-order valence-electron chi connectivity index (χ4n) is 1.79. The number of rotatable bonds is 3. The van der Waals surface area contributed by atoms with Crippen molar-refractivity contribution in [3.8, 4) is 0 Å². The van der Waals surface area contributed by atoms with E-state index in [1.54, 1.807) is 13.0 Å². The van der Waals surface area contributed by atoms with Gasteiger partial charge >= 0.3 is 0 Å². The van der Waals surface area contributed by atoms with Crippen molar-refractivity contribution >= 4 is 17.4 Å². The molecule has 2 rings (SSSR count). The molecule has 18 heavy (non-hydrogen) atoms. The van der Waals surface area contributed by atoms with Crippen LogP contribution in [-0.4, -0.2) is 5.78 Å². The Kier molecular flexibility index (Phi) is 3.53. The molecule has 0 radical (unpaired) electrons. The maximum Gasteiger partial charge on any atom is 0.198 e. The van der Waals surface area contributed by atoms with E-state index < -0.39 is 5.82 Å². The summed E-state index contributed by atoms with van der Waals surface area (Å²) in [6, 6.07) is 4.23. The number of halogens is 2. The Morgan fingerprint density at radius 2 is 2.11 bits per heavy atom. The van der Waals surface area contributed by atoms with E-state index in [-0.39, 0.29) is 10.8 Å². The highest BCUT2D eigenvalue weighted by Gasteiger charge is 2.19. The Labute approximate surface area is 109 Å². The molecular weight excluding hydrogens is 255 g/mol. The molecular formula is C14H12ClFO2. The number of carbonyl (C=O) groups excluding carboxylic acids is 1. The van der Waals surface area contributed by atoms with Crippen molar-refractivity contribution in [3.63, 3.8) is 0 Å². The second kappa shape index (κ2) is 4.94. The highest BCUT2D eigenvalue weighted by molar-refractivity contribution is 6.35. The van der Waals surface area contributed by atoms with Gasteiger partial charge in [-0.3, -0.25) is 4.79 Å². The topological polar surface area (TPSA) is 30.2 Å². The quantitative estimate of drug-likeness (QED) is 0.781. The number of hydrogen-bond donors (Lipinski definition) is 0. The molecule has 0 bridgehead atoms. The van der Waals surface area contributed by atoms with E-state index in [0.29, 0.717) is 28.9 Å². The first-order valence-electron chi connectivity index (χ1n) is 5.61. The fraction of sp³-hybridized carbons (Fsp3) is 0.214. The van der Waals surface area contributed by atoms with Gasteiger partial charge in [-0.25, -0.2) is 4.39 Å². The smallest absolute Gasteiger partial charge is 0.198 e. The lowest BCUT2D eigenvalue weighted by atomic mass is 10.0. The Hall–Kier alpha value is -1.61. The van der Waals surface area contributed by atoms with Crippen LogP contribution >= 0.6 is 11.6 Å². The largest absolute Gasteiger partial charge is 0.469 e. The summed E-state index contributed by atoms with van der Waals surface area (Å²) >= 11 is 5.92. The Morgan fingerprint density at radius 3 is 2.78 bits per heavy atom. The Morgan fingerprint density at radius 1 is 1.39 bits per heavy atom. The van der Waals surface area contributed by atoms with Crippen LogP contribution in [0.1, 0.15) is 34.2 Å². The van der Waals surface area contributed by atoms with E-state index in [1.807, 2.05) is 6.92 Å². The fourth-order valence-corrected chi connectivity index (χ4v) is 2.03. The van der Waals surface area contributed by atoms with Crippen molar-refractivity contribution in [2.24, 2.45) is 0 Å². The lowest BCUT2D eigenvalue weighted by molar-refractivity contribution is 0.103. The van der Waals surface area contributed by atoms with Gasteiger partial charge in [0, 0.05) is 12.0 Å². The standard InChI is InChI=1S/C14H12ClFO2/c1-3-13-9(4-5-18-13)14(17)10-6-8(2)12(16)7-11(10)15/h4-7H,3H2,1-2H3. The maximum absolute atomic E-state index is 13.3. The lowest BCUT2D eigenvalue weighted by Crippen LogP contribution is -2.05. The van der Waals surface area contributed by atoms with E-state index in [2.05, 4.69) is 0 Å². The molecule has 1 aromatic carbocycles. The molecule has 2 nitrogen and oxygen atoms in total. The minimum absolute atomic E-state index is 0.117. The van der Waals surface area contributed by atoms with Crippen molar-refractivity contribution < 1.29 is 13.6 Å². The molecule has 0 aliphatic carbocycles. The minimum atomic E-state index is -0.417. The van der Waals surface area contributed by atoms with Gasteiger partial charge in [0.25, 0.3) is 0 Å². The van der Waals surface area contributed by atoms with Crippen LogP contribution in [0.5, 0.6) is 0 Å². The summed E-state index contributed by atoms with van der Waals surface area (Å²) < 4.78 is 18.5. The highest BCUT2D eigenvalue weighted by Crippen LogP contribution is 2.25. The molecule has 0 aliphatic rings. The Bertz CT molecular complexity index is 602. The van der Waals surface area contributed by atoms with Crippen molar-refractivity contribution in [1.82, 2.24) is 0 Å². The van der Waals surface area contributed by atoms with Gasteiger partial charge < -0.3 is 4.42 Å². The van der Waals surface area contributed by atoms with E-state index >= 15 is 0 Å². The molecule has 0 atom stereocenters. The van der Waals surface area contributed by atoms with E-state index in [4.69, 9.17) is 16.0 Å². The highest BCUT2D eigenvalue weighted by atomic mass is 35.5. The molecule has 1 heterocycles. The summed E-state index contributed by atoms with van der Waals surface area (Å²) in [5.74, 6) is -0.0498. The van der Waals surface area contributed by atoms with Crippen LogP contribution in [0, 0.1) is 12.7 Å². The molecule has 94 valence electrons. The first-order chi connectivity index (χ1) is 8.54. The van der Waals surface area contributed by atoms with Crippen LogP contribution in [-0.2, 0) is 6.42 Å². The van der Waals surface area contributed by atoms with E-state index in [1.165, 1.54) is 12.3 Å². The molecule has 0 aliphatic heterocycles. The first-order valence-corrected chi connectivity index (χ1v) is 5.99. The summed E-state index contributed by atoms with van der Waals surface area (Å²) in [6.07, 6.45) is 2.09. The van der Waals surface area contributed by atoms with Crippen LogP contribution in [0.2, 0.25) is 5.02 Å². The molecule has 2 aromatic rings. The van der Waals surface area contributed by atoms with Crippen LogP contribution in [0.4, 0.5) is 4.39 Å². The van der Waals surface area contributed by atoms with Crippen molar-refractivity contribution in [3.05, 3.63) is 57.8 Å². The summed E-state index contributed by atoms with van der Waals surface area (Å²) in [7, 11) is 0. The number of benzene rings is 1. The molecule has 4 heteroatoms. The zero-order valence-electron chi connectivity index (χ0n) is 10.1. The van der Waals surface area contributed by atoms with E-state index in [0.717, 1.165) is 6.07 Å². The molecule has 0 fully saturated rings. The summed E-state index contributed by atoms with van der Waals surface area (Å²) in [5, 5.41) is 0.117. The number of aryl methyl sites for hydroxylation is 2. The van der Waals surface area contributed by atoms with Gasteiger partial charge in [0.2, 0.25) is 0 Å². The molecule has 0 unspecified atom stereocenters. The monoisotopic (exact) mass is 266 g/mol. The van der Waals surface area contributed by atoms with Gasteiger partial charge in [-0.1, -0.05) is 18.5 Å². The number of ketones is 1. The second-order valence-electron chi connectivity index (χ2n) is 4.02. The van der Waals surface area contributed by atoms with Gasteiger partial charge in [0.05, 0.1) is 16.8 Å². The molecule has 0 spiro atoms. The van der Waals surface area contributed by atoms with Crippen molar-refractivity contribution in [2.75, 3.05) is 0 Å². The number of furan rings is 1. The van der Waals surface area contributed by atoms with Gasteiger partial charge in [-0.05, 0) is 30.7 Å². The third-order valence-corrected chi connectivity index (χ3v) is 3.12. The molecule has 0 amide bonds. The summed E-state index contributed by atoms with van der Waals surface area (Å²) in [4.78, 5) is 12.3.